The predicted octanol–water partition coefficient (Wildman–Crippen LogP) is 1.47. The third kappa shape index (κ3) is 2.46. The minimum absolute atomic E-state index is 0.0944. The molecule has 0 aliphatic carbocycles. The van der Waals surface area contributed by atoms with Crippen molar-refractivity contribution in [1.82, 2.24) is 24.9 Å². The van der Waals surface area contributed by atoms with Gasteiger partial charge in [0.1, 0.15) is 0 Å². The molecule has 0 amide bonds. The van der Waals surface area contributed by atoms with Crippen molar-refractivity contribution < 1.29 is 9.47 Å². The average molecular weight is 298 g/mol. The molecule has 0 aromatic carbocycles. The second-order valence-electron chi connectivity index (χ2n) is 4.31. The summed E-state index contributed by atoms with van der Waals surface area (Å²) in [4.78, 5) is 21.1. The fraction of sp³-hybridized carbons (Fsp3) is 0.214. The van der Waals surface area contributed by atoms with Crippen LogP contribution in [0.3, 0.4) is 0 Å². The molecule has 3 heterocycles. The van der Waals surface area contributed by atoms with Crippen molar-refractivity contribution in [3.63, 3.8) is 0 Å². The number of rotatable bonds is 4. The Kier molecular flexibility index (Phi) is 3.65. The van der Waals surface area contributed by atoms with Crippen LogP contribution in [0.1, 0.15) is 6.92 Å². The maximum atomic E-state index is 5.65. The first-order valence-corrected chi connectivity index (χ1v) is 6.65. The molecule has 0 atom stereocenters. The quantitative estimate of drug-likeness (QED) is 0.771. The summed E-state index contributed by atoms with van der Waals surface area (Å²) in [7, 11) is 1.55. The Labute approximate surface area is 126 Å². The number of pyridine rings is 1. The van der Waals surface area contributed by atoms with Crippen molar-refractivity contribution in [3.05, 3.63) is 24.5 Å². The Hall–Kier alpha value is -3.03. The molecule has 22 heavy (non-hydrogen) atoms. The molecular formula is C14H14N6O2. The van der Waals surface area contributed by atoms with E-state index in [0.29, 0.717) is 35.2 Å². The van der Waals surface area contributed by atoms with E-state index >= 15 is 0 Å². The van der Waals surface area contributed by atoms with Gasteiger partial charge in [0, 0.05) is 6.20 Å². The lowest BCUT2D eigenvalue weighted by molar-refractivity contribution is 0.330. The molecule has 0 saturated carbocycles. The standard InChI is InChI=1S/C14H14N6O2/c1-3-22-13-10-11(19-14(15)20-13)17-7-9(18-10)8-5-4-6-16-12(8)21-2/h4-7H,3H2,1-2H3,(H2,15,17,19,20). The number of hydrogen-bond donors (Lipinski definition) is 1. The van der Waals surface area contributed by atoms with Gasteiger partial charge in [-0.1, -0.05) is 0 Å². The minimum Gasteiger partial charge on any atom is -0.481 e. The molecule has 0 aliphatic rings. The van der Waals surface area contributed by atoms with Crippen molar-refractivity contribution in [2.24, 2.45) is 0 Å². The van der Waals surface area contributed by atoms with Crippen molar-refractivity contribution in [3.8, 4) is 23.0 Å². The van der Waals surface area contributed by atoms with E-state index in [4.69, 9.17) is 15.2 Å². The van der Waals surface area contributed by atoms with Gasteiger partial charge in [-0.15, -0.1) is 0 Å². The molecule has 0 bridgehead atoms. The lowest BCUT2D eigenvalue weighted by atomic mass is 10.2. The molecule has 0 radical (unpaired) electrons. The summed E-state index contributed by atoms with van der Waals surface area (Å²) >= 11 is 0. The Morgan fingerprint density at radius 1 is 1.14 bits per heavy atom. The van der Waals surface area contributed by atoms with Crippen LogP contribution in [0.15, 0.2) is 24.5 Å². The van der Waals surface area contributed by atoms with Gasteiger partial charge in [-0.2, -0.15) is 9.97 Å². The fourth-order valence-corrected chi connectivity index (χ4v) is 2.01. The van der Waals surface area contributed by atoms with Gasteiger partial charge in [0.25, 0.3) is 0 Å². The van der Waals surface area contributed by atoms with Crippen molar-refractivity contribution in [1.29, 1.82) is 0 Å². The van der Waals surface area contributed by atoms with E-state index in [1.54, 1.807) is 25.6 Å². The minimum atomic E-state index is 0.0944. The van der Waals surface area contributed by atoms with Gasteiger partial charge < -0.3 is 15.2 Å². The van der Waals surface area contributed by atoms with Gasteiger partial charge in [-0.05, 0) is 19.1 Å². The Bertz CT molecular complexity index is 824. The van der Waals surface area contributed by atoms with Crippen LogP contribution in [-0.2, 0) is 0 Å². The molecule has 0 unspecified atom stereocenters. The van der Waals surface area contributed by atoms with E-state index in [1.165, 1.54) is 0 Å². The second kappa shape index (κ2) is 5.76. The van der Waals surface area contributed by atoms with Gasteiger partial charge in [0.05, 0.1) is 31.2 Å². The fourth-order valence-electron chi connectivity index (χ4n) is 2.01. The number of hydrogen-bond acceptors (Lipinski definition) is 8. The molecule has 3 aromatic rings. The number of fused-ring (bicyclic) bond motifs is 1. The van der Waals surface area contributed by atoms with Gasteiger partial charge in [-0.25, -0.2) is 15.0 Å². The van der Waals surface area contributed by atoms with Crippen LogP contribution in [0.25, 0.3) is 22.4 Å². The molecule has 0 saturated heterocycles. The van der Waals surface area contributed by atoms with Crippen LogP contribution in [0.2, 0.25) is 0 Å². The highest BCUT2D eigenvalue weighted by Gasteiger charge is 2.14. The van der Waals surface area contributed by atoms with Crippen molar-refractivity contribution >= 4 is 17.1 Å². The number of nitrogens with zero attached hydrogens (tertiary/aromatic N) is 5. The SMILES string of the molecule is CCOc1nc(N)nc2ncc(-c3cccnc3OC)nc12. The maximum absolute atomic E-state index is 5.65. The topological polar surface area (TPSA) is 109 Å². The van der Waals surface area contributed by atoms with Crippen LogP contribution >= 0.6 is 0 Å². The van der Waals surface area contributed by atoms with Crippen LogP contribution in [0.4, 0.5) is 5.95 Å². The zero-order valence-electron chi connectivity index (χ0n) is 12.1. The van der Waals surface area contributed by atoms with Crippen LogP contribution in [-0.4, -0.2) is 38.6 Å². The number of ether oxygens (including phenoxy) is 2. The first-order chi connectivity index (χ1) is 10.7. The maximum Gasteiger partial charge on any atom is 0.247 e. The second-order valence-corrected chi connectivity index (χ2v) is 4.31. The summed E-state index contributed by atoms with van der Waals surface area (Å²) in [5, 5.41) is 0. The average Bonchev–Trinajstić information content (AvgIpc) is 2.54. The number of methoxy groups -OCH3 is 1. The molecule has 112 valence electrons. The zero-order chi connectivity index (χ0) is 15.5. The highest BCUT2D eigenvalue weighted by molar-refractivity contribution is 5.79. The molecule has 3 aromatic heterocycles. The van der Waals surface area contributed by atoms with Gasteiger partial charge in [-0.3, -0.25) is 0 Å². The Morgan fingerprint density at radius 3 is 2.77 bits per heavy atom. The number of nitrogen functional groups attached to an aromatic ring is 1. The zero-order valence-corrected chi connectivity index (χ0v) is 12.1. The summed E-state index contributed by atoms with van der Waals surface area (Å²) in [6, 6.07) is 3.65. The van der Waals surface area contributed by atoms with Gasteiger partial charge in [0.2, 0.25) is 17.7 Å². The molecule has 8 nitrogen and oxygen atoms in total. The first kappa shape index (κ1) is 13.9. The third-order valence-corrected chi connectivity index (χ3v) is 2.91. The predicted molar refractivity (Wildman–Crippen MR) is 80.5 cm³/mol. The van der Waals surface area contributed by atoms with Crippen LogP contribution in [0.5, 0.6) is 11.8 Å². The Balaban J connectivity index is 2.20. The van der Waals surface area contributed by atoms with E-state index in [1.807, 2.05) is 13.0 Å². The van der Waals surface area contributed by atoms with Crippen molar-refractivity contribution in [2.75, 3.05) is 19.5 Å². The molecule has 2 N–H and O–H groups in total. The highest BCUT2D eigenvalue weighted by atomic mass is 16.5. The van der Waals surface area contributed by atoms with E-state index in [0.717, 1.165) is 5.56 Å². The molecule has 0 fully saturated rings. The lowest BCUT2D eigenvalue weighted by Crippen LogP contribution is -2.04. The van der Waals surface area contributed by atoms with E-state index in [2.05, 4.69) is 24.9 Å². The highest BCUT2D eigenvalue weighted by Crippen LogP contribution is 2.28. The molecular weight excluding hydrogens is 284 g/mol. The largest absolute Gasteiger partial charge is 0.481 e. The molecule has 0 spiro atoms. The molecule has 3 rings (SSSR count). The number of anilines is 1. The van der Waals surface area contributed by atoms with Crippen LogP contribution in [0, 0.1) is 0 Å². The molecule has 0 aliphatic heterocycles. The van der Waals surface area contributed by atoms with Gasteiger partial charge in [0.15, 0.2) is 11.2 Å². The Morgan fingerprint density at radius 2 is 2.00 bits per heavy atom. The monoisotopic (exact) mass is 298 g/mol. The summed E-state index contributed by atoms with van der Waals surface area (Å²) in [6.07, 6.45) is 3.23. The van der Waals surface area contributed by atoms with Crippen molar-refractivity contribution in [2.45, 2.75) is 6.92 Å². The van der Waals surface area contributed by atoms with E-state index in [-0.39, 0.29) is 5.95 Å². The first-order valence-electron chi connectivity index (χ1n) is 6.65. The third-order valence-electron chi connectivity index (χ3n) is 2.91. The summed E-state index contributed by atoms with van der Waals surface area (Å²) in [5.41, 5.74) is 7.78. The van der Waals surface area contributed by atoms with Gasteiger partial charge >= 0.3 is 0 Å². The normalized spacial score (nSPS) is 10.6. The summed E-state index contributed by atoms with van der Waals surface area (Å²) < 4.78 is 10.7. The summed E-state index contributed by atoms with van der Waals surface area (Å²) in [5.74, 6) is 0.865. The lowest BCUT2D eigenvalue weighted by Gasteiger charge is -2.09. The summed E-state index contributed by atoms with van der Waals surface area (Å²) in [6.45, 7) is 2.29. The van der Waals surface area contributed by atoms with Crippen LogP contribution < -0.4 is 15.2 Å². The number of nitrogens with two attached hydrogens (primary N) is 1. The van der Waals surface area contributed by atoms with E-state index in [9.17, 15) is 0 Å². The molecule has 8 heteroatoms. The van der Waals surface area contributed by atoms with E-state index < -0.39 is 0 Å². The number of aromatic nitrogens is 5. The smallest absolute Gasteiger partial charge is 0.247 e.